The molecular weight excluding hydrogens is 368 g/mol. The minimum absolute atomic E-state index is 0.0956. The summed E-state index contributed by atoms with van der Waals surface area (Å²) in [5, 5.41) is 2.94. The van der Waals surface area contributed by atoms with Gasteiger partial charge in [0.25, 0.3) is 5.91 Å². The van der Waals surface area contributed by atoms with Crippen LogP contribution >= 0.6 is 11.3 Å². The normalized spacial score (nSPS) is 11.1. The molecule has 0 spiro atoms. The molecule has 0 aliphatic heterocycles. The first-order chi connectivity index (χ1) is 13.8. The number of nitrogens with zero attached hydrogens (tertiary/aromatic N) is 3. The number of imidazole rings is 1. The summed E-state index contributed by atoms with van der Waals surface area (Å²) in [5.74, 6) is -0.0956. The molecule has 0 fully saturated rings. The third-order valence-corrected chi connectivity index (χ3v) is 5.62. The lowest BCUT2D eigenvalue weighted by molar-refractivity contribution is 0.0951. The molecular formula is C22H16N4OS. The van der Waals surface area contributed by atoms with Crippen LogP contribution in [0.3, 0.4) is 0 Å². The van der Waals surface area contributed by atoms with Crippen LogP contribution in [0.2, 0.25) is 0 Å². The van der Waals surface area contributed by atoms with Gasteiger partial charge in [-0.1, -0.05) is 47.7 Å². The second-order valence-electron chi connectivity index (χ2n) is 6.47. The van der Waals surface area contributed by atoms with E-state index in [4.69, 9.17) is 4.98 Å². The Bertz CT molecular complexity index is 1280. The number of rotatable bonds is 4. The zero-order valence-corrected chi connectivity index (χ0v) is 15.7. The SMILES string of the molecule is O=C(NCc1cccnc1)c1ccc2c(c1)sc1nc(-c3ccccc3)cn12. The highest BCUT2D eigenvalue weighted by molar-refractivity contribution is 7.23. The molecule has 0 unspecified atom stereocenters. The molecule has 5 rings (SSSR count). The van der Waals surface area contributed by atoms with Crippen LogP contribution in [0.1, 0.15) is 15.9 Å². The van der Waals surface area contributed by atoms with Crippen molar-refractivity contribution in [2.75, 3.05) is 0 Å². The fourth-order valence-corrected chi connectivity index (χ4v) is 4.22. The lowest BCUT2D eigenvalue weighted by Crippen LogP contribution is -2.22. The summed E-state index contributed by atoms with van der Waals surface area (Å²) in [5.41, 5.74) is 4.72. The molecule has 1 N–H and O–H groups in total. The van der Waals surface area contributed by atoms with Gasteiger partial charge in [0, 0.05) is 36.3 Å². The smallest absolute Gasteiger partial charge is 0.251 e. The Morgan fingerprint density at radius 3 is 2.79 bits per heavy atom. The minimum atomic E-state index is -0.0956. The summed E-state index contributed by atoms with van der Waals surface area (Å²) >= 11 is 1.59. The number of fused-ring (bicyclic) bond motifs is 3. The van der Waals surface area contributed by atoms with Crippen molar-refractivity contribution in [3.05, 3.63) is 90.4 Å². The third kappa shape index (κ3) is 3.04. The van der Waals surface area contributed by atoms with Crippen molar-refractivity contribution in [1.82, 2.24) is 19.7 Å². The van der Waals surface area contributed by atoms with E-state index in [1.54, 1.807) is 23.7 Å². The molecule has 136 valence electrons. The zero-order chi connectivity index (χ0) is 18.9. The van der Waals surface area contributed by atoms with Crippen molar-refractivity contribution in [1.29, 1.82) is 0 Å². The van der Waals surface area contributed by atoms with Crippen molar-refractivity contribution < 1.29 is 4.79 Å². The Morgan fingerprint density at radius 2 is 1.96 bits per heavy atom. The van der Waals surface area contributed by atoms with Gasteiger partial charge in [-0.15, -0.1) is 0 Å². The number of hydrogen-bond acceptors (Lipinski definition) is 4. The number of benzene rings is 2. The van der Waals surface area contributed by atoms with Gasteiger partial charge in [-0.2, -0.15) is 0 Å². The summed E-state index contributed by atoms with van der Waals surface area (Å²) in [6, 6.07) is 19.7. The summed E-state index contributed by atoms with van der Waals surface area (Å²) < 4.78 is 3.12. The number of thiazole rings is 1. The highest BCUT2D eigenvalue weighted by Gasteiger charge is 2.13. The van der Waals surface area contributed by atoms with Crippen LogP contribution in [0.25, 0.3) is 26.4 Å². The molecule has 2 aromatic carbocycles. The number of carbonyl (C=O) groups excluding carboxylic acids is 1. The Balaban J connectivity index is 1.42. The molecule has 0 radical (unpaired) electrons. The van der Waals surface area contributed by atoms with Gasteiger partial charge in [0.05, 0.1) is 15.9 Å². The Kier molecular flexibility index (Phi) is 4.10. The molecule has 0 saturated heterocycles. The van der Waals surface area contributed by atoms with Crippen molar-refractivity contribution in [2.24, 2.45) is 0 Å². The monoisotopic (exact) mass is 384 g/mol. The number of hydrogen-bond donors (Lipinski definition) is 1. The van der Waals surface area contributed by atoms with Crippen LogP contribution in [0.5, 0.6) is 0 Å². The molecule has 3 aromatic heterocycles. The van der Waals surface area contributed by atoms with Crippen molar-refractivity contribution >= 4 is 32.4 Å². The lowest BCUT2D eigenvalue weighted by atomic mass is 10.2. The molecule has 0 atom stereocenters. The minimum Gasteiger partial charge on any atom is -0.348 e. The van der Waals surface area contributed by atoms with Crippen LogP contribution in [-0.4, -0.2) is 20.3 Å². The van der Waals surface area contributed by atoms with Crippen molar-refractivity contribution in [3.63, 3.8) is 0 Å². The van der Waals surface area contributed by atoms with Crippen LogP contribution in [-0.2, 0) is 6.54 Å². The van der Waals surface area contributed by atoms with Crippen molar-refractivity contribution in [2.45, 2.75) is 6.54 Å². The average molecular weight is 384 g/mol. The number of carbonyl (C=O) groups is 1. The average Bonchev–Trinajstić information content (AvgIpc) is 3.31. The first-order valence-corrected chi connectivity index (χ1v) is 9.74. The standard InChI is InChI=1S/C22H16N4OS/c27-21(24-13-15-5-4-10-23-12-15)17-8-9-19-20(11-17)28-22-25-18(14-26(19)22)16-6-2-1-3-7-16/h1-12,14H,13H2,(H,24,27). The van der Waals surface area contributed by atoms with Crippen LogP contribution < -0.4 is 5.32 Å². The van der Waals surface area contributed by atoms with Gasteiger partial charge in [-0.05, 0) is 29.8 Å². The highest BCUT2D eigenvalue weighted by atomic mass is 32.1. The number of aromatic nitrogens is 3. The number of amides is 1. The van der Waals surface area contributed by atoms with Crippen LogP contribution in [0.4, 0.5) is 0 Å². The number of pyridine rings is 1. The molecule has 1 amide bonds. The van der Waals surface area contributed by atoms with Gasteiger partial charge in [0.1, 0.15) is 0 Å². The second kappa shape index (κ2) is 6.90. The van der Waals surface area contributed by atoms with Gasteiger partial charge in [-0.3, -0.25) is 14.2 Å². The molecule has 5 nitrogen and oxygen atoms in total. The summed E-state index contributed by atoms with van der Waals surface area (Å²) in [6.45, 7) is 0.457. The molecule has 0 bridgehead atoms. The van der Waals surface area contributed by atoms with Crippen LogP contribution in [0.15, 0.2) is 79.3 Å². The lowest BCUT2D eigenvalue weighted by Gasteiger charge is -2.05. The van der Waals surface area contributed by atoms with E-state index in [1.807, 2.05) is 54.7 Å². The van der Waals surface area contributed by atoms with Crippen LogP contribution in [0, 0.1) is 0 Å². The molecule has 0 aliphatic rings. The fraction of sp³-hybridized carbons (Fsp3) is 0.0455. The molecule has 3 heterocycles. The number of nitrogens with one attached hydrogen (secondary N) is 1. The van der Waals surface area contributed by atoms with Crippen molar-refractivity contribution in [3.8, 4) is 11.3 Å². The van der Waals surface area contributed by atoms with E-state index in [-0.39, 0.29) is 5.91 Å². The Labute approximate surface area is 165 Å². The second-order valence-corrected chi connectivity index (χ2v) is 7.48. The topological polar surface area (TPSA) is 59.3 Å². The maximum atomic E-state index is 12.5. The first-order valence-electron chi connectivity index (χ1n) is 8.92. The maximum Gasteiger partial charge on any atom is 0.251 e. The molecule has 0 aliphatic carbocycles. The Morgan fingerprint density at radius 1 is 1.07 bits per heavy atom. The zero-order valence-electron chi connectivity index (χ0n) is 14.9. The molecule has 5 aromatic rings. The summed E-state index contributed by atoms with van der Waals surface area (Å²) in [4.78, 5) is 22.2. The molecule has 0 saturated carbocycles. The van der Waals surface area contributed by atoms with Gasteiger partial charge in [0.15, 0.2) is 4.96 Å². The predicted molar refractivity (Wildman–Crippen MR) is 111 cm³/mol. The molecule has 28 heavy (non-hydrogen) atoms. The van der Waals surface area contributed by atoms with Gasteiger partial charge >= 0.3 is 0 Å². The van der Waals surface area contributed by atoms with Gasteiger partial charge in [-0.25, -0.2) is 4.98 Å². The first kappa shape index (κ1) is 16.6. The van der Waals surface area contributed by atoms with E-state index in [1.165, 1.54) is 0 Å². The molecule has 6 heteroatoms. The van der Waals surface area contributed by atoms with E-state index in [9.17, 15) is 4.79 Å². The van der Waals surface area contributed by atoms with E-state index < -0.39 is 0 Å². The summed E-state index contributed by atoms with van der Waals surface area (Å²) in [6.07, 6.45) is 5.52. The largest absolute Gasteiger partial charge is 0.348 e. The summed E-state index contributed by atoms with van der Waals surface area (Å²) in [7, 11) is 0. The quantitative estimate of drug-likeness (QED) is 0.495. The Hall–Kier alpha value is -3.51. The van der Waals surface area contributed by atoms with E-state index in [2.05, 4.69) is 26.8 Å². The van der Waals surface area contributed by atoms with E-state index >= 15 is 0 Å². The van der Waals surface area contributed by atoms with Gasteiger partial charge < -0.3 is 5.32 Å². The highest BCUT2D eigenvalue weighted by Crippen LogP contribution is 2.30. The van der Waals surface area contributed by atoms with Gasteiger partial charge in [0.2, 0.25) is 0 Å². The maximum absolute atomic E-state index is 12.5. The van der Waals surface area contributed by atoms with E-state index in [0.29, 0.717) is 12.1 Å². The van der Waals surface area contributed by atoms with E-state index in [0.717, 1.165) is 32.0 Å². The predicted octanol–water partition coefficient (Wildman–Crippen LogP) is 4.54. The third-order valence-electron chi connectivity index (χ3n) is 4.60. The fourth-order valence-electron chi connectivity index (χ4n) is 3.18.